The molecule has 20 aromatic rings. The first-order valence-electron chi connectivity index (χ1n) is 40.2. The van der Waals surface area contributed by atoms with Crippen LogP contribution in [0.25, 0.3) is 143 Å². The van der Waals surface area contributed by atoms with Crippen molar-refractivity contribution in [3.05, 3.63) is 454 Å². The summed E-state index contributed by atoms with van der Waals surface area (Å²) >= 11 is 0. The van der Waals surface area contributed by atoms with Crippen molar-refractivity contribution in [3.8, 4) is 89.0 Å². The summed E-state index contributed by atoms with van der Waals surface area (Å²) in [7, 11) is 0. The Hall–Kier alpha value is -14.9. The highest BCUT2D eigenvalue weighted by molar-refractivity contribution is 6.09. The molecule has 3 heteroatoms. The van der Waals surface area contributed by atoms with Crippen LogP contribution in [0, 0.1) is 0 Å². The summed E-state index contributed by atoms with van der Waals surface area (Å²) in [4.78, 5) is 7.18. The van der Waals surface area contributed by atoms with Gasteiger partial charge in [-0.3, -0.25) is 0 Å². The number of rotatable bonds is 16. The fourth-order valence-corrected chi connectivity index (χ4v) is 18.4. The maximum absolute atomic E-state index is 2.47. The molecule has 0 saturated carbocycles. The molecular weight excluding hydrogens is 1400 g/mol. The van der Waals surface area contributed by atoms with E-state index in [0.717, 1.165) is 67.9 Å². The van der Waals surface area contributed by atoms with Crippen LogP contribution in [-0.4, -0.2) is 0 Å². The highest BCUT2D eigenvalue weighted by Crippen LogP contribution is 2.54. The summed E-state index contributed by atoms with van der Waals surface area (Å²) in [6.45, 7) is 4.80. The van der Waals surface area contributed by atoms with E-state index in [0.29, 0.717) is 0 Å². The molecule has 116 heavy (non-hydrogen) atoms. The topological polar surface area (TPSA) is 9.72 Å². The molecule has 0 atom stereocenters. The van der Waals surface area contributed by atoms with E-state index in [1.54, 1.807) is 0 Å². The fourth-order valence-electron chi connectivity index (χ4n) is 18.4. The second-order valence-corrected chi connectivity index (χ2v) is 31.1. The van der Waals surface area contributed by atoms with Crippen molar-refractivity contribution in [1.29, 1.82) is 0 Å². The van der Waals surface area contributed by atoms with Crippen LogP contribution in [0.4, 0.5) is 51.2 Å². The first-order chi connectivity index (χ1) is 57.3. The molecule has 1 aliphatic carbocycles. The second kappa shape index (κ2) is 29.0. The third-order valence-electron chi connectivity index (χ3n) is 24.0. The van der Waals surface area contributed by atoms with E-state index in [-0.39, 0.29) is 5.41 Å². The molecule has 0 bridgehead atoms. The van der Waals surface area contributed by atoms with Crippen molar-refractivity contribution in [3.63, 3.8) is 0 Å². The average molecular weight is 1480 g/mol. The van der Waals surface area contributed by atoms with Crippen LogP contribution in [0.1, 0.15) is 25.0 Å². The fraction of sp³-hybridized carbons (Fsp3) is 0.0265. The Morgan fingerprint density at radius 1 is 0.147 bits per heavy atom. The zero-order valence-corrected chi connectivity index (χ0v) is 64.5. The Balaban J connectivity index is 0.571. The summed E-state index contributed by atoms with van der Waals surface area (Å²) in [5, 5.41) is 12.2. The summed E-state index contributed by atoms with van der Waals surface area (Å²) in [5.74, 6) is 0. The van der Waals surface area contributed by atoms with Crippen LogP contribution in [0.5, 0.6) is 0 Å². The van der Waals surface area contributed by atoms with E-state index >= 15 is 0 Å². The van der Waals surface area contributed by atoms with Crippen LogP contribution < -0.4 is 14.7 Å². The minimum Gasteiger partial charge on any atom is -0.310 e. The van der Waals surface area contributed by atoms with Gasteiger partial charge in [-0.05, 0) is 275 Å². The van der Waals surface area contributed by atoms with Gasteiger partial charge in [0.2, 0.25) is 0 Å². The monoisotopic (exact) mass is 1480 g/mol. The van der Waals surface area contributed by atoms with E-state index < -0.39 is 0 Å². The zero-order valence-electron chi connectivity index (χ0n) is 64.5. The molecule has 0 unspecified atom stereocenters. The number of benzene rings is 20. The number of nitrogens with zero attached hydrogens (tertiary/aromatic N) is 3. The average Bonchev–Trinajstić information content (AvgIpc) is 1.56. The van der Waals surface area contributed by atoms with Gasteiger partial charge in [0.1, 0.15) is 0 Å². The van der Waals surface area contributed by atoms with Crippen molar-refractivity contribution < 1.29 is 0 Å². The third-order valence-corrected chi connectivity index (χ3v) is 24.0. The van der Waals surface area contributed by atoms with Gasteiger partial charge in [-0.2, -0.15) is 0 Å². The SMILES string of the molecule is CC1(C)c2cc(-c3ccc(-c4cccc(N(c5ccccc5)c5cccc(-c6cccc7cc(-c8ccc(-c9cccc(N(c%10ccccc%10)c%10ccc(-c%11cccc%12ccccc%11%12)cc%10)c9)c9ccccc89)ccc67)c5)c4)c4ccccc34)ccc2-c2ccc(N(c3ccccc3)c3cccc(-c4cccc5ccccc45)c3)cc21. The van der Waals surface area contributed by atoms with Crippen molar-refractivity contribution in [2.24, 2.45) is 0 Å². The van der Waals surface area contributed by atoms with Gasteiger partial charge >= 0.3 is 0 Å². The van der Waals surface area contributed by atoms with E-state index in [1.807, 2.05) is 0 Å². The van der Waals surface area contributed by atoms with Crippen LogP contribution in [0.3, 0.4) is 0 Å². The van der Waals surface area contributed by atoms with Crippen LogP contribution in [-0.2, 0) is 5.41 Å². The molecule has 21 rings (SSSR count). The summed E-state index contributed by atoms with van der Waals surface area (Å²) < 4.78 is 0. The molecule has 0 amide bonds. The molecule has 0 spiro atoms. The molecule has 1 aliphatic rings. The Morgan fingerprint density at radius 2 is 0.397 bits per heavy atom. The van der Waals surface area contributed by atoms with Crippen LogP contribution in [0.2, 0.25) is 0 Å². The number of fused-ring (bicyclic) bond motifs is 8. The Morgan fingerprint density at radius 3 is 0.828 bits per heavy atom. The van der Waals surface area contributed by atoms with Crippen LogP contribution >= 0.6 is 0 Å². The molecule has 0 aromatic heterocycles. The lowest BCUT2D eigenvalue weighted by atomic mass is 9.81. The lowest BCUT2D eigenvalue weighted by molar-refractivity contribution is 0.660. The quantitative estimate of drug-likeness (QED) is 0.0955. The molecule has 20 aromatic carbocycles. The molecule has 0 radical (unpaired) electrons. The lowest BCUT2D eigenvalue weighted by Gasteiger charge is -2.28. The number of hydrogen-bond acceptors (Lipinski definition) is 3. The van der Waals surface area contributed by atoms with Gasteiger partial charge in [0, 0.05) is 56.6 Å². The third kappa shape index (κ3) is 12.3. The molecule has 546 valence electrons. The number of anilines is 9. The Kier molecular flexibility index (Phi) is 17.3. The molecular formula is C113H79N3. The van der Waals surface area contributed by atoms with E-state index in [1.165, 1.54) is 137 Å². The van der Waals surface area contributed by atoms with Gasteiger partial charge in [-0.15, -0.1) is 0 Å². The van der Waals surface area contributed by atoms with Crippen molar-refractivity contribution >= 4 is 105 Å². The normalized spacial score (nSPS) is 12.1. The van der Waals surface area contributed by atoms with Crippen LogP contribution in [0.15, 0.2) is 443 Å². The minimum absolute atomic E-state index is 0.282. The van der Waals surface area contributed by atoms with Gasteiger partial charge in [-0.1, -0.05) is 335 Å². The zero-order chi connectivity index (χ0) is 77.2. The highest BCUT2D eigenvalue weighted by Gasteiger charge is 2.37. The predicted octanol–water partition coefficient (Wildman–Crippen LogP) is 31.8. The van der Waals surface area contributed by atoms with Crippen molar-refractivity contribution in [2.45, 2.75) is 19.3 Å². The van der Waals surface area contributed by atoms with Crippen molar-refractivity contribution in [2.75, 3.05) is 14.7 Å². The molecule has 0 heterocycles. The number of para-hydroxylation sites is 3. The van der Waals surface area contributed by atoms with Gasteiger partial charge < -0.3 is 14.7 Å². The first kappa shape index (κ1) is 69.1. The molecule has 3 nitrogen and oxygen atoms in total. The maximum atomic E-state index is 2.47. The maximum Gasteiger partial charge on any atom is 0.0467 e. The lowest BCUT2D eigenvalue weighted by Crippen LogP contribution is -2.16. The number of hydrogen-bond donors (Lipinski definition) is 0. The molecule has 0 N–H and O–H groups in total. The predicted molar refractivity (Wildman–Crippen MR) is 494 cm³/mol. The molecule has 0 fully saturated rings. The van der Waals surface area contributed by atoms with Gasteiger partial charge in [0.05, 0.1) is 0 Å². The Labute approximate surface area is 677 Å². The summed E-state index contributed by atoms with van der Waals surface area (Å²) in [5.41, 5.74) is 31.5. The van der Waals surface area contributed by atoms with E-state index in [9.17, 15) is 0 Å². The van der Waals surface area contributed by atoms with E-state index in [2.05, 4.69) is 471 Å². The Bertz CT molecular complexity index is 7170. The van der Waals surface area contributed by atoms with Gasteiger partial charge in [0.15, 0.2) is 0 Å². The first-order valence-corrected chi connectivity index (χ1v) is 40.2. The standard InChI is InChI=1S/C113H79N3/c1-113(2)111-74-85(58-63-109(111)110-64-61-94(75-112(110)113)116(88-40-10-5-11-41-88)93-45-20-31-80(70-93)98-53-25-30-77-28-13-15-47-96(77)98)104-68-66-102(106-49-17-19-51-108(104)106)83-34-23-44-92(73-83)115(87-38-8-4-9-39-87)91-43-21-32-81(71-91)99-54-26-35-79-69-84(57-62-100(79)99)103-67-65-101(105-48-16-18-50-107(103)105)82-33-22-42-90(72-82)114(86-36-6-3-7-37-86)89-59-55-78(56-60-89)97-52-24-29-76-27-12-14-46-95(76)97/h3-75H,1-2H3. The summed E-state index contributed by atoms with van der Waals surface area (Å²) in [6, 6.07) is 163. The minimum atomic E-state index is -0.282. The second-order valence-electron chi connectivity index (χ2n) is 31.1. The highest BCUT2D eigenvalue weighted by atomic mass is 15.2. The smallest absolute Gasteiger partial charge is 0.0467 e. The molecule has 0 saturated heterocycles. The summed E-state index contributed by atoms with van der Waals surface area (Å²) in [6.07, 6.45) is 0. The largest absolute Gasteiger partial charge is 0.310 e. The van der Waals surface area contributed by atoms with E-state index in [4.69, 9.17) is 0 Å². The molecule has 0 aliphatic heterocycles. The van der Waals surface area contributed by atoms with Crippen molar-refractivity contribution in [1.82, 2.24) is 0 Å². The van der Waals surface area contributed by atoms with Gasteiger partial charge in [-0.25, -0.2) is 0 Å². The van der Waals surface area contributed by atoms with Gasteiger partial charge in [0.25, 0.3) is 0 Å².